The smallest absolute Gasteiger partial charge is 0.244 e. The van der Waals surface area contributed by atoms with Gasteiger partial charge in [0, 0.05) is 35.4 Å². The zero-order valence-electron chi connectivity index (χ0n) is 11.2. The Kier molecular flexibility index (Phi) is 3.68. The lowest BCUT2D eigenvalue weighted by atomic mass is 10.4. The second kappa shape index (κ2) is 5.16. The maximum atomic E-state index is 12.5. The second-order valence-corrected chi connectivity index (χ2v) is 8.65. The van der Waals surface area contributed by atoms with E-state index in [0.29, 0.717) is 24.0 Å². The Morgan fingerprint density at radius 1 is 1.37 bits per heavy atom. The zero-order chi connectivity index (χ0) is 13.5. The third kappa shape index (κ3) is 2.86. The zero-order valence-corrected chi connectivity index (χ0v) is 12.8. The highest BCUT2D eigenvalue weighted by molar-refractivity contribution is 7.89. The van der Waals surface area contributed by atoms with Gasteiger partial charge in [-0.05, 0) is 38.7 Å². The number of sulfonamides is 1. The van der Waals surface area contributed by atoms with Gasteiger partial charge in [0.1, 0.15) is 0 Å². The van der Waals surface area contributed by atoms with Gasteiger partial charge in [0.2, 0.25) is 10.0 Å². The molecule has 0 aromatic carbocycles. The first-order chi connectivity index (χ1) is 9.07. The maximum absolute atomic E-state index is 12.5. The molecule has 1 saturated carbocycles. The van der Waals surface area contributed by atoms with Crippen LogP contribution in [0.2, 0.25) is 0 Å². The molecule has 2 heterocycles. The summed E-state index contributed by atoms with van der Waals surface area (Å²) >= 11 is 1.60. The summed E-state index contributed by atoms with van der Waals surface area (Å²) in [5.74, 6) is 0. The van der Waals surface area contributed by atoms with Crippen LogP contribution in [0, 0.1) is 6.92 Å². The molecule has 0 spiro atoms. The molecule has 4 nitrogen and oxygen atoms in total. The lowest BCUT2D eigenvalue weighted by Crippen LogP contribution is -2.28. The third-order valence-corrected chi connectivity index (χ3v) is 6.95. The van der Waals surface area contributed by atoms with Crippen LogP contribution >= 0.6 is 11.3 Å². The summed E-state index contributed by atoms with van der Waals surface area (Å²) in [6.07, 6.45) is 4.48. The fourth-order valence-electron chi connectivity index (χ4n) is 2.47. The van der Waals surface area contributed by atoms with Gasteiger partial charge in [-0.15, -0.1) is 11.3 Å². The van der Waals surface area contributed by atoms with Gasteiger partial charge in [-0.25, -0.2) is 8.42 Å². The summed E-state index contributed by atoms with van der Waals surface area (Å²) in [7, 11) is -3.26. The second-order valence-electron chi connectivity index (χ2n) is 5.40. The normalized spacial score (nSPS) is 21.1. The number of thiophene rings is 1. The van der Waals surface area contributed by atoms with Gasteiger partial charge in [0.25, 0.3) is 0 Å². The highest BCUT2D eigenvalue weighted by atomic mass is 32.2. The average molecular weight is 300 g/mol. The summed E-state index contributed by atoms with van der Waals surface area (Å²) < 4.78 is 26.7. The fourth-order valence-corrected chi connectivity index (χ4v) is 5.54. The standard InChI is InChI=1S/C13H20N2O2S2/c1-10-13(19(16,17)15-6-2-3-7-15)8-12(18-10)9-14-11-4-5-11/h8,11,14H,2-7,9H2,1H3. The molecule has 6 heteroatoms. The third-order valence-electron chi connectivity index (χ3n) is 3.75. The molecule has 106 valence electrons. The highest BCUT2D eigenvalue weighted by Gasteiger charge is 2.30. The SMILES string of the molecule is Cc1sc(CNC2CC2)cc1S(=O)(=O)N1CCCC1. The minimum atomic E-state index is -3.26. The van der Waals surface area contributed by atoms with Gasteiger partial charge in [-0.1, -0.05) is 0 Å². The van der Waals surface area contributed by atoms with Crippen molar-refractivity contribution in [2.45, 2.75) is 50.1 Å². The molecule has 2 fully saturated rings. The van der Waals surface area contributed by atoms with E-state index in [9.17, 15) is 8.42 Å². The molecule has 1 N–H and O–H groups in total. The van der Waals surface area contributed by atoms with E-state index < -0.39 is 10.0 Å². The molecule has 0 bridgehead atoms. The molecule has 19 heavy (non-hydrogen) atoms. The summed E-state index contributed by atoms with van der Waals surface area (Å²) in [4.78, 5) is 2.56. The summed E-state index contributed by atoms with van der Waals surface area (Å²) in [5.41, 5.74) is 0. The topological polar surface area (TPSA) is 49.4 Å². The molecular formula is C13H20N2O2S2. The van der Waals surface area contributed by atoms with Crippen LogP contribution in [-0.2, 0) is 16.6 Å². The Morgan fingerprint density at radius 2 is 2.05 bits per heavy atom. The van der Waals surface area contributed by atoms with Gasteiger partial charge < -0.3 is 5.32 Å². The van der Waals surface area contributed by atoms with Crippen molar-refractivity contribution in [3.8, 4) is 0 Å². The van der Waals surface area contributed by atoms with Crippen LogP contribution in [0.5, 0.6) is 0 Å². The summed E-state index contributed by atoms with van der Waals surface area (Å²) in [6.45, 7) is 4.06. The predicted octanol–water partition coefficient (Wildman–Crippen LogP) is 2.09. The van der Waals surface area contributed by atoms with E-state index in [1.807, 2.05) is 13.0 Å². The Hall–Kier alpha value is -0.430. The van der Waals surface area contributed by atoms with Crippen LogP contribution in [0.4, 0.5) is 0 Å². The minimum Gasteiger partial charge on any atom is -0.309 e. The molecule has 0 amide bonds. The number of nitrogens with zero attached hydrogens (tertiary/aromatic N) is 1. The van der Waals surface area contributed by atoms with Gasteiger partial charge in [0.05, 0.1) is 4.90 Å². The molecule has 0 radical (unpaired) electrons. The van der Waals surface area contributed by atoms with E-state index in [2.05, 4.69) is 5.32 Å². The number of rotatable bonds is 5. The lowest BCUT2D eigenvalue weighted by Gasteiger charge is -2.14. The molecule has 1 saturated heterocycles. The molecule has 1 aliphatic carbocycles. The van der Waals surface area contributed by atoms with Crippen LogP contribution in [0.1, 0.15) is 35.4 Å². The van der Waals surface area contributed by atoms with Crippen LogP contribution < -0.4 is 5.32 Å². The number of nitrogens with one attached hydrogen (secondary N) is 1. The predicted molar refractivity (Wildman–Crippen MR) is 76.9 cm³/mol. The highest BCUT2D eigenvalue weighted by Crippen LogP contribution is 2.30. The quantitative estimate of drug-likeness (QED) is 0.906. The van der Waals surface area contributed by atoms with Crippen LogP contribution in [0.3, 0.4) is 0 Å². The van der Waals surface area contributed by atoms with Gasteiger partial charge in [-0.3, -0.25) is 0 Å². The van der Waals surface area contributed by atoms with Crippen molar-refractivity contribution in [1.82, 2.24) is 9.62 Å². The maximum Gasteiger partial charge on any atom is 0.244 e. The van der Waals surface area contributed by atoms with Gasteiger partial charge >= 0.3 is 0 Å². The van der Waals surface area contributed by atoms with Gasteiger partial charge in [0.15, 0.2) is 0 Å². The van der Waals surface area contributed by atoms with Crippen LogP contribution in [0.15, 0.2) is 11.0 Å². The van der Waals surface area contributed by atoms with Crippen molar-refractivity contribution in [3.63, 3.8) is 0 Å². The van der Waals surface area contributed by atoms with E-state index in [0.717, 1.165) is 29.1 Å². The number of aryl methyl sites for hydroxylation is 1. The van der Waals surface area contributed by atoms with Crippen LogP contribution in [-0.4, -0.2) is 31.9 Å². The molecule has 2 aliphatic rings. The van der Waals surface area contributed by atoms with E-state index in [1.165, 1.54) is 12.8 Å². The van der Waals surface area contributed by atoms with Crippen molar-refractivity contribution >= 4 is 21.4 Å². The largest absolute Gasteiger partial charge is 0.309 e. The number of hydrogen-bond donors (Lipinski definition) is 1. The van der Waals surface area contributed by atoms with Gasteiger partial charge in [-0.2, -0.15) is 4.31 Å². The first kappa shape index (κ1) is 13.5. The van der Waals surface area contributed by atoms with Crippen molar-refractivity contribution in [2.75, 3.05) is 13.1 Å². The monoisotopic (exact) mass is 300 g/mol. The first-order valence-electron chi connectivity index (χ1n) is 6.90. The average Bonchev–Trinajstić information content (AvgIpc) is 2.89. The fraction of sp³-hybridized carbons (Fsp3) is 0.692. The molecule has 1 aliphatic heterocycles. The molecule has 1 aromatic heterocycles. The molecule has 1 aromatic rings. The van der Waals surface area contributed by atoms with Crippen molar-refractivity contribution < 1.29 is 8.42 Å². The Morgan fingerprint density at radius 3 is 2.68 bits per heavy atom. The van der Waals surface area contributed by atoms with Crippen LogP contribution in [0.25, 0.3) is 0 Å². The molecule has 0 unspecified atom stereocenters. The lowest BCUT2D eigenvalue weighted by molar-refractivity contribution is 0.477. The molecular weight excluding hydrogens is 280 g/mol. The van der Waals surface area contributed by atoms with Crippen molar-refractivity contribution in [2.24, 2.45) is 0 Å². The number of hydrogen-bond acceptors (Lipinski definition) is 4. The van der Waals surface area contributed by atoms with Crippen molar-refractivity contribution in [1.29, 1.82) is 0 Å². The Balaban J connectivity index is 1.78. The minimum absolute atomic E-state index is 0.520. The Labute approximate surface area is 118 Å². The van der Waals surface area contributed by atoms with E-state index in [1.54, 1.807) is 15.6 Å². The summed E-state index contributed by atoms with van der Waals surface area (Å²) in [6, 6.07) is 2.52. The molecule has 3 rings (SSSR count). The Bertz CT molecular complexity index is 555. The van der Waals surface area contributed by atoms with E-state index >= 15 is 0 Å². The first-order valence-corrected chi connectivity index (χ1v) is 9.16. The molecule has 0 atom stereocenters. The van der Waals surface area contributed by atoms with E-state index in [4.69, 9.17) is 0 Å². The van der Waals surface area contributed by atoms with E-state index in [-0.39, 0.29) is 0 Å². The summed E-state index contributed by atoms with van der Waals surface area (Å²) in [5, 5.41) is 3.44. The van der Waals surface area contributed by atoms with Crippen molar-refractivity contribution in [3.05, 3.63) is 15.8 Å².